The average molecular weight is 460 g/mol. The van der Waals surface area contributed by atoms with E-state index in [1.165, 1.54) is 22.2 Å². The number of hydrogen-bond acceptors (Lipinski definition) is 5. The zero-order chi connectivity index (χ0) is 23.2. The Hall–Kier alpha value is -2.72. The minimum absolute atomic E-state index is 0.212. The Balaban J connectivity index is 1.56. The second-order valence-electron chi connectivity index (χ2n) is 8.50. The van der Waals surface area contributed by atoms with Gasteiger partial charge in [0.05, 0.1) is 10.6 Å². The third-order valence-corrected chi connectivity index (χ3v) is 8.37. The molecule has 1 fully saturated rings. The number of benzene rings is 1. The van der Waals surface area contributed by atoms with Crippen molar-refractivity contribution >= 4 is 27.5 Å². The highest BCUT2D eigenvalue weighted by atomic mass is 32.2. The van der Waals surface area contributed by atoms with Crippen LogP contribution in [-0.4, -0.2) is 53.4 Å². The predicted molar refractivity (Wildman–Crippen MR) is 120 cm³/mol. The minimum Gasteiger partial charge on any atom is -0.350 e. The fourth-order valence-corrected chi connectivity index (χ4v) is 6.20. The Morgan fingerprint density at radius 1 is 1.19 bits per heavy atom. The first-order valence-corrected chi connectivity index (χ1v) is 12.2. The fourth-order valence-electron chi connectivity index (χ4n) is 4.63. The summed E-state index contributed by atoms with van der Waals surface area (Å²) in [4.78, 5) is 27.1. The molecule has 172 valence electrons. The summed E-state index contributed by atoms with van der Waals surface area (Å²) in [6.45, 7) is 6.62. The van der Waals surface area contributed by atoms with Gasteiger partial charge in [0.2, 0.25) is 21.8 Å². The standard InChI is InChI=1S/C22H29N5O4S/c1-14-19(15(2)25(4)24-14)13-23-22(29)21-12-17-11-18(7-8-20(17)27(21)16(3)28)32(30,31)26-9-5-6-10-26/h7-8,11,21H,5-6,9-10,12-13H2,1-4H3,(H,23,29)/t21-/m1/s1. The molecule has 2 amide bonds. The van der Waals surface area contributed by atoms with Crippen LogP contribution in [0.15, 0.2) is 23.1 Å². The molecule has 1 atom stereocenters. The number of sulfonamides is 1. The van der Waals surface area contributed by atoms with Crippen molar-refractivity contribution in [2.75, 3.05) is 18.0 Å². The number of aryl methyl sites for hydroxylation is 2. The van der Waals surface area contributed by atoms with Crippen LogP contribution in [-0.2, 0) is 39.6 Å². The molecule has 4 rings (SSSR count). The van der Waals surface area contributed by atoms with E-state index >= 15 is 0 Å². The van der Waals surface area contributed by atoms with E-state index in [2.05, 4.69) is 10.4 Å². The van der Waals surface area contributed by atoms with Crippen molar-refractivity contribution in [3.63, 3.8) is 0 Å². The van der Waals surface area contributed by atoms with Gasteiger partial charge in [-0.25, -0.2) is 8.42 Å². The maximum atomic E-state index is 13.1. The van der Waals surface area contributed by atoms with Gasteiger partial charge in [-0.3, -0.25) is 19.2 Å². The molecule has 1 saturated heterocycles. The van der Waals surface area contributed by atoms with Crippen LogP contribution < -0.4 is 10.2 Å². The molecule has 0 bridgehead atoms. The van der Waals surface area contributed by atoms with Crippen LogP contribution in [0.25, 0.3) is 0 Å². The summed E-state index contributed by atoms with van der Waals surface area (Å²) in [5, 5.41) is 7.30. The summed E-state index contributed by atoms with van der Waals surface area (Å²) in [5.74, 6) is -0.532. The lowest BCUT2D eigenvalue weighted by Crippen LogP contribution is -2.47. The third kappa shape index (κ3) is 3.81. The number of amides is 2. The van der Waals surface area contributed by atoms with Gasteiger partial charge in [-0.2, -0.15) is 9.40 Å². The van der Waals surface area contributed by atoms with Crippen molar-refractivity contribution in [3.05, 3.63) is 40.7 Å². The Morgan fingerprint density at radius 3 is 2.47 bits per heavy atom. The maximum Gasteiger partial charge on any atom is 0.243 e. The first-order chi connectivity index (χ1) is 15.1. The first kappa shape index (κ1) is 22.5. The zero-order valence-electron chi connectivity index (χ0n) is 18.9. The van der Waals surface area contributed by atoms with Gasteiger partial charge in [0, 0.05) is 57.0 Å². The fraction of sp³-hybridized carbons (Fsp3) is 0.500. The second-order valence-corrected chi connectivity index (χ2v) is 10.4. The highest BCUT2D eigenvalue weighted by Crippen LogP contribution is 2.35. The van der Waals surface area contributed by atoms with Gasteiger partial charge in [0.25, 0.3) is 0 Å². The minimum atomic E-state index is -3.57. The average Bonchev–Trinajstić information content (AvgIpc) is 3.45. The van der Waals surface area contributed by atoms with E-state index in [9.17, 15) is 18.0 Å². The molecule has 10 heteroatoms. The molecule has 0 spiro atoms. The molecule has 0 aliphatic carbocycles. The van der Waals surface area contributed by atoms with Crippen molar-refractivity contribution in [2.45, 2.75) is 57.5 Å². The molecule has 1 N–H and O–H groups in total. The molecule has 2 aliphatic heterocycles. The lowest BCUT2D eigenvalue weighted by molar-refractivity contribution is -0.125. The summed E-state index contributed by atoms with van der Waals surface area (Å²) in [7, 11) is -1.72. The van der Waals surface area contributed by atoms with Gasteiger partial charge in [-0.15, -0.1) is 0 Å². The summed E-state index contributed by atoms with van der Waals surface area (Å²) in [5.41, 5.74) is 4.05. The van der Waals surface area contributed by atoms with E-state index in [0.29, 0.717) is 30.9 Å². The van der Waals surface area contributed by atoms with Gasteiger partial charge >= 0.3 is 0 Å². The quantitative estimate of drug-likeness (QED) is 0.728. The molecule has 1 aromatic carbocycles. The molecule has 2 aliphatic rings. The number of rotatable bonds is 5. The molecule has 0 saturated carbocycles. The van der Waals surface area contributed by atoms with E-state index in [0.717, 1.165) is 29.8 Å². The zero-order valence-corrected chi connectivity index (χ0v) is 19.7. The molecule has 0 unspecified atom stereocenters. The van der Waals surface area contributed by atoms with Gasteiger partial charge in [-0.05, 0) is 50.5 Å². The molecule has 0 radical (unpaired) electrons. The Labute approximate surface area is 188 Å². The van der Waals surface area contributed by atoms with Crippen molar-refractivity contribution in [1.82, 2.24) is 19.4 Å². The van der Waals surface area contributed by atoms with E-state index in [1.54, 1.807) is 16.8 Å². The summed E-state index contributed by atoms with van der Waals surface area (Å²) in [6, 6.07) is 4.07. The SMILES string of the molecule is CC(=O)N1c2ccc(S(=O)(=O)N3CCCC3)cc2C[C@@H]1C(=O)NCc1c(C)nn(C)c1C. The number of aromatic nitrogens is 2. The number of anilines is 1. The molecule has 1 aromatic heterocycles. The van der Waals surface area contributed by atoms with Crippen LogP contribution in [0.1, 0.15) is 42.3 Å². The number of carbonyl (C=O) groups is 2. The largest absolute Gasteiger partial charge is 0.350 e. The Morgan fingerprint density at radius 2 is 1.88 bits per heavy atom. The third-order valence-electron chi connectivity index (χ3n) is 6.48. The predicted octanol–water partition coefficient (Wildman–Crippen LogP) is 1.42. The number of hydrogen-bond donors (Lipinski definition) is 1. The normalized spacial score (nSPS) is 18.8. The van der Waals surface area contributed by atoms with Crippen molar-refractivity contribution in [2.24, 2.45) is 7.05 Å². The topological polar surface area (TPSA) is 105 Å². The number of carbonyl (C=O) groups excluding carboxylic acids is 2. The Kier molecular flexibility index (Phi) is 5.85. The van der Waals surface area contributed by atoms with Gasteiger partial charge in [0.1, 0.15) is 6.04 Å². The second kappa shape index (κ2) is 8.32. The van der Waals surface area contributed by atoms with Crippen LogP contribution in [0.5, 0.6) is 0 Å². The van der Waals surface area contributed by atoms with Crippen LogP contribution >= 0.6 is 0 Å². The number of nitrogens with zero attached hydrogens (tertiary/aromatic N) is 4. The van der Waals surface area contributed by atoms with E-state index in [4.69, 9.17) is 0 Å². The molecule has 2 aromatic rings. The van der Waals surface area contributed by atoms with Crippen LogP contribution in [0.3, 0.4) is 0 Å². The van der Waals surface area contributed by atoms with Crippen molar-refractivity contribution in [1.29, 1.82) is 0 Å². The van der Waals surface area contributed by atoms with Crippen molar-refractivity contribution in [3.8, 4) is 0 Å². The lowest BCUT2D eigenvalue weighted by atomic mass is 10.1. The summed E-state index contributed by atoms with van der Waals surface area (Å²) >= 11 is 0. The van der Waals surface area contributed by atoms with E-state index < -0.39 is 16.1 Å². The van der Waals surface area contributed by atoms with Crippen molar-refractivity contribution < 1.29 is 18.0 Å². The summed E-state index contributed by atoms with van der Waals surface area (Å²) in [6.07, 6.45) is 2.00. The van der Waals surface area contributed by atoms with Crippen LogP contribution in [0.4, 0.5) is 5.69 Å². The van der Waals surface area contributed by atoms with Gasteiger partial charge < -0.3 is 5.32 Å². The van der Waals surface area contributed by atoms with E-state index in [-0.39, 0.29) is 23.1 Å². The van der Waals surface area contributed by atoms with Crippen LogP contribution in [0, 0.1) is 13.8 Å². The Bertz CT molecular complexity index is 1180. The molecule has 9 nitrogen and oxygen atoms in total. The highest BCUT2D eigenvalue weighted by Gasteiger charge is 2.38. The molecular weight excluding hydrogens is 430 g/mol. The number of fused-ring (bicyclic) bond motifs is 1. The molecular formula is C22H29N5O4S. The monoisotopic (exact) mass is 459 g/mol. The lowest BCUT2D eigenvalue weighted by Gasteiger charge is -2.23. The number of nitrogens with one attached hydrogen (secondary N) is 1. The van der Waals surface area contributed by atoms with Gasteiger partial charge in [0.15, 0.2) is 0 Å². The van der Waals surface area contributed by atoms with Crippen LogP contribution in [0.2, 0.25) is 0 Å². The van der Waals surface area contributed by atoms with E-state index in [1.807, 2.05) is 20.9 Å². The summed E-state index contributed by atoms with van der Waals surface area (Å²) < 4.78 is 29.2. The molecule has 32 heavy (non-hydrogen) atoms. The smallest absolute Gasteiger partial charge is 0.243 e. The first-order valence-electron chi connectivity index (χ1n) is 10.8. The maximum absolute atomic E-state index is 13.1. The molecule has 3 heterocycles. The highest BCUT2D eigenvalue weighted by molar-refractivity contribution is 7.89. The van der Waals surface area contributed by atoms with Gasteiger partial charge in [-0.1, -0.05) is 0 Å².